The number of anilines is 2. The Morgan fingerprint density at radius 2 is 1.93 bits per heavy atom. The van der Waals surface area contributed by atoms with Crippen LogP contribution in [0, 0.1) is 0 Å². The van der Waals surface area contributed by atoms with Crippen LogP contribution in [-0.2, 0) is 23.6 Å². The minimum atomic E-state index is -0.866. The van der Waals surface area contributed by atoms with E-state index in [4.69, 9.17) is 10.5 Å². The number of esters is 1. The van der Waals surface area contributed by atoms with Gasteiger partial charge in [0.15, 0.2) is 6.61 Å². The molecule has 3 N–H and O–H groups in total. The number of nitrogens with zero attached hydrogens (tertiary/aromatic N) is 2. The number of aromatic nitrogens is 2. The molecule has 11 heteroatoms. The summed E-state index contributed by atoms with van der Waals surface area (Å²) in [6, 6.07) is 4.63. The summed E-state index contributed by atoms with van der Waals surface area (Å²) < 4.78 is 6.69. The standard InChI is InChI=1S/C17H16N4O6S/c1-20-14(18)13(15(24)21(2)17(20)26)10(22)6-27-16(25)8-3-4-11-9(5-8)19-12(23)7-28-11/h3-5H,6-7,18H2,1-2H3,(H,19,23). The summed E-state index contributed by atoms with van der Waals surface area (Å²) in [5.74, 6) is -1.83. The van der Waals surface area contributed by atoms with E-state index < -0.39 is 35.2 Å². The van der Waals surface area contributed by atoms with Crippen molar-refractivity contribution < 1.29 is 19.1 Å². The molecule has 0 aliphatic carbocycles. The minimum absolute atomic E-state index is 0.135. The topological polar surface area (TPSA) is 142 Å². The first-order valence-corrected chi connectivity index (χ1v) is 9.01. The Morgan fingerprint density at radius 3 is 2.64 bits per heavy atom. The van der Waals surface area contributed by atoms with Gasteiger partial charge in [-0.3, -0.25) is 23.5 Å². The number of Topliss-reactive ketones (excluding diaryl/α,β-unsaturated/α-hetero) is 1. The summed E-state index contributed by atoms with van der Waals surface area (Å²) >= 11 is 1.34. The molecule has 0 atom stereocenters. The molecule has 0 unspecified atom stereocenters. The fourth-order valence-corrected chi connectivity index (χ4v) is 3.41. The third-order valence-corrected chi connectivity index (χ3v) is 5.24. The second kappa shape index (κ2) is 7.35. The van der Waals surface area contributed by atoms with Crippen molar-refractivity contribution in [3.8, 4) is 0 Å². The van der Waals surface area contributed by atoms with E-state index in [1.165, 1.54) is 38.0 Å². The quantitative estimate of drug-likeness (QED) is 0.525. The molecular weight excluding hydrogens is 388 g/mol. The van der Waals surface area contributed by atoms with E-state index in [1.807, 2.05) is 0 Å². The van der Waals surface area contributed by atoms with E-state index >= 15 is 0 Å². The van der Waals surface area contributed by atoms with Gasteiger partial charge in [0, 0.05) is 19.0 Å². The number of thioether (sulfide) groups is 1. The zero-order valence-electron chi connectivity index (χ0n) is 15.0. The maximum Gasteiger partial charge on any atom is 0.338 e. The van der Waals surface area contributed by atoms with Crippen molar-refractivity contribution >= 4 is 40.9 Å². The van der Waals surface area contributed by atoms with Crippen molar-refractivity contribution in [1.29, 1.82) is 0 Å². The van der Waals surface area contributed by atoms with Crippen molar-refractivity contribution in [1.82, 2.24) is 9.13 Å². The lowest BCUT2D eigenvalue weighted by Crippen LogP contribution is -2.42. The molecule has 146 valence electrons. The van der Waals surface area contributed by atoms with Gasteiger partial charge >= 0.3 is 11.7 Å². The minimum Gasteiger partial charge on any atom is -0.454 e. The third-order valence-electron chi connectivity index (χ3n) is 4.17. The second-order valence-electron chi connectivity index (χ2n) is 6.01. The number of carbonyl (C=O) groups excluding carboxylic acids is 3. The summed E-state index contributed by atoms with van der Waals surface area (Å²) in [5.41, 5.74) is 4.36. The number of nitrogens with two attached hydrogens (primary N) is 1. The summed E-state index contributed by atoms with van der Waals surface area (Å²) in [6.07, 6.45) is 0. The zero-order valence-corrected chi connectivity index (χ0v) is 15.8. The molecule has 1 aliphatic heterocycles. The maximum atomic E-state index is 12.4. The highest BCUT2D eigenvalue weighted by molar-refractivity contribution is 8.00. The first-order chi connectivity index (χ1) is 13.2. The molecule has 1 aromatic heterocycles. The molecule has 0 saturated heterocycles. The van der Waals surface area contributed by atoms with Crippen molar-refractivity contribution in [3.63, 3.8) is 0 Å². The van der Waals surface area contributed by atoms with E-state index in [1.54, 1.807) is 6.07 Å². The van der Waals surface area contributed by atoms with Crippen LogP contribution in [0.4, 0.5) is 11.5 Å². The van der Waals surface area contributed by atoms with Gasteiger partial charge in [-0.05, 0) is 18.2 Å². The summed E-state index contributed by atoms with van der Waals surface area (Å²) in [5, 5.41) is 2.65. The molecule has 2 heterocycles. The highest BCUT2D eigenvalue weighted by Crippen LogP contribution is 2.32. The number of amides is 1. The number of carbonyl (C=O) groups is 3. The van der Waals surface area contributed by atoms with Crippen LogP contribution in [0.1, 0.15) is 20.7 Å². The molecular formula is C17H16N4O6S. The molecule has 0 bridgehead atoms. The third kappa shape index (κ3) is 3.43. The van der Waals surface area contributed by atoms with Crippen LogP contribution in [-0.4, -0.2) is 39.2 Å². The van der Waals surface area contributed by atoms with Gasteiger partial charge in [0.1, 0.15) is 11.4 Å². The lowest BCUT2D eigenvalue weighted by atomic mass is 10.2. The number of fused-ring (bicyclic) bond motifs is 1. The average molecular weight is 404 g/mol. The smallest absolute Gasteiger partial charge is 0.338 e. The molecule has 10 nitrogen and oxygen atoms in total. The SMILES string of the molecule is Cn1c(N)c(C(=O)COC(=O)c2ccc3c(c2)NC(=O)CS3)c(=O)n(C)c1=O. The van der Waals surface area contributed by atoms with Crippen LogP contribution in [0.25, 0.3) is 0 Å². The van der Waals surface area contributed by atoms with Gasteiger partial charge in [0.05, 0.1) is 17.0 Å². The number of hydrogen-bond donors (Lipinski definition) is 2. The molecule has 28 heavy (non-hydrogen) atoms. The van der Waals surface area contributed by atoms with E-state index in [0.717, 1.165) is 14.0 Å². The number of hydrogen-bond acceptors (Lipinski definition) is 8. The first-order valence-electron chi connectivity index (χ1n) is 8.03. The highest BCUT2D eigenvalue weighted by Gasteiger charge is 2.22. The number of benzene rings is 1. The Morgan fingerprint density at radius 1 is 1.21 bits per heavy atom. The van der Waals surface area contributed by atoms with Crippen LogP contribution in [0.15, 0.2) is 32.7 Å². The van der Waals surface area contributed by atoms with Crippen LogP contribution < -0.4 is 22.3 Å². The van der Waals surface area contributed by atoms with Gasteiger partial charge in [-0.1, -0.05) is 0 Å². The van der Waals surface area contributed by atoms with Gasteiger partial charge in [-0.25, -0.2) is 9.59 Å². The van der Waals surface area contributed by atoms with Gasteiger partial charge in [0.2, 0.25) is 11.7 Å². The largest absolute Gasteiger partial charge is 0.454 e. The van der Waals surface area contributed by atoms with Crippen LogP contribution >= 0.6 is 11.8 Å². The van der Waals surface area contributed by atoms with Gasteiger partial charge in [0.25, 0.3) is 5.56 Å². The van der Waals surface area contributed by atoms with Gasteiger partial charge in [-0.15, -0.1) is 11.8 Å². The van der Waals surface area contributed by atoms with Crippen molar-refractivity contribution in [2.75, 3.05) is 23.4 Å². The van der Waals surface area contributed by atoms with Crippen molar-refractivity contribution in [3.05, 3.63) is 50.2 Å². The number of nitrogen functional groups attached to an aromatic ring is 1. The van der Waals surface area contributed by atoms with E-state index in [0.29, 0.717) is 11.4 Å². The van der Waals surface area contributed by atoms with Gasteiger partial charge in [-0.2, -0.15) is 0 Å². The predicted molar refractivity (Wildman–Crippen MR) is 102 cm³/mol. The van der Waals surface area contributed by atoms with Crippen LogP contribution in [0.3, 0.4) is 0 Å². The molecule has 0 radical (unpaired) electrons. The highest BCUT2D eigenvalue weighted by atomic mass is 32.2. The number of ether oxygens (including phenoxy) is 1. The average Bonchev–Trinajstić information content (AvgIpc) is 2.68. The molecule has 0 fully saturated rings. The fraction of sp³-hybridized carbons (Fsp3) is 0.235. The van der Waals surface area contributed by atoms with E-state index in [9.17, 15) is 24.0 Å². The summed E-state index contributed by atoms with van der Waals surface area (Å²) in [4.78, 5) is 60.9. The van der Waals surface area contributed by atoms with Crippen molar-refractivity contribution in [2.45, 2.75) is 4.90 Å². The number of nitrogens with one attached hydrogen (secondary N) is 1. The Labute approximate surface area is 162 Å². The maximum absolute atomic E-state index is 12.4. The predicted octanol–water partition coefficient (Wildman–Crippen LogP) is -0.250. The lowest BCUT2D eigenvalue weighted by molar-refractivity contribution is -0.113. The Bertz CT molecular complexity index is 1130. The molecule has 0 saturated carbocycles. The van der Waals surface area contributed by atoms with E-state index in [2.05, 4.69) is 5.32 Å². The lowest BCUT2D eigenvalue weighted by Gasteiger charge is -2.16. The zero-order chi connectivity index (χ0) is 20.6. The Balaban J connectivity index is 1.78. The second-order valence-corrected chi connectivity index (χ2v) is 7.03. The Hall–Kier alpha value is -3.34. The number of ketones is 1. The number of rotatable bonds is 4. The molecule has 1 aromatic carbocycles. The Kier molecular flexibility index (Phi) is 5.10. The molecule has 1 amide bonds. The van der Waals surface area contributed by atoms with Crippen molar-refractivity contribution in [2.24, 2.45) is 14.1 Å². The van der Waals surface area contributed by atoms with Gasteiger partial charge < -0.3 is 15.8 Å². The normalized spacial score (nSPS) is 12.9. The van der Waals surface area contributed by atoms with E-state index in [-0.39, 0.29) is 17.3 Å². The fourth-order valence-electron chi connectivity index (χ4n) is 2.62. The molecule has 3 rings (SSSR count). The first kappa shape index (κ1) is 19.4. The monoisotopic (exact) mass is 404 g/mol. The molecule has 1 aliphatic rings. The van der Waals surface area contributed by atoms with Crippen LogP contribution in [0.2, 0.25) is 0 Å². The molecule has 0 spiro atoms. The summed E-state index contributed by atoms with van der Waals surface area (Å²) in [6.45, 7) is -0.728. The molecule has 2 aromatic rings. The van der Waals surface area contributed by atoms with Crippen LogP contribution in [0.5, 0.6) is 0 Å². The summed E-state index contributed by atoms with van der Waals surface area (Å²) in [7, 11) is 2.53.